The number of nitrogens with two attached hydrogens (primary N) is 2. The average molecular weight is 290 g/mol. The molecule has 0 aliphatic rings. The van der Waals surface area contributed by atoms with Crippen LogP contribution in [0.15, 0.2) is 33.9 Å². The van der Waals surface area contributed by atoms with E-state index in [-0.39, 0.29) is 12.4 Å². The molecule has 1 aromatic carbocycles. The van der Waals surface area contributed by atoms with Gasteiger partial charge in [-0.25, -0.2) is 4.98 Å². The minimum absolute atomic E-state index is 0. The molecule has 7 heteroatoms. The molecule has 2 rings (SSSR count). The molecule has 0 aliphatic heterocycles. The van der Waals surface area contributed by atoms with Gasteiger partial charge in [0.2, 0.25) is 0 Å². The molecule has 1 aromatic heterocycles. The first-order valence-electron chi connectivity index (χ1n) is 4.75. The maximum Gasteiger partial charge on any atom is 0.299 e. The number of amidine groups is 1. The minimum Gasteiger partial charge on any atom is -1.00 e. The van der Waals surface area contributed by atoms with Gasteiger partial charge in [-0.15, -0.1) is 0 Å². The molecule has 0 radical (unpaired) electrons. The molecule has 4 N–H and O–H groups in total. The van der Waals surface area contributed by atoms with E-state index in [0.717, 1.165) is 22.6 Å². The Morgan fingerprint density at radius 3 is 2.82 bits per heavy atom. The summed E-state index contributed by atoms with van der Waals surface area (Å²) in [5.74, 6) is 1.72. The summed E-state index contributed by atoms with van der Waals surface area (Å²) in [7, 11) is 0. The quantitative estimate of drug-likeness (QED) is 0.287. The van der Waals surface area contributed by atoms with E-state index in [4.69, 9.17) is 15.6 Å². The molecule has 0 bridgehead atoms. The summed E-state index contributed by atoms with van der Waals surface area (Å²) in [4.78, 5) is 4.35. The fourth-order valence-corrected chi connectivity index (χ4v) is 2.59. The van der Waals surface area contributed by atoms with Crippen LogP contribution >= 0.6 is 23.5 Å². The number of rotatable bonds is 4. The number of fused-ring (bicyclic) bond motifs is 1. The molecule has 0 saturated carbocycles. The van der Waals surface area contributed by atoms with E-state index in [1.54, 1.807) is 11.8 Å². The second kappa shape index (κ2) is 6.78. The van der Waals surface area contributed by atoms with Crippen LogP contribution in [0.5, 0.6) is 0 Å². The smallest absolute Gasteiger partial charge is 0.299 e. The number of aromatic nitrogens is 1. The number of nitrogens with zero attached hydrogens (tertiary/aromatic N) is 1. The van der Waals surface area contributed by atoms with E-state index in [1.807, 2.05) is 24.3 Å². The van der Waals surface area contributed by atoms with Crippen molar-refractivity contribution in [1.82, 2.24) is 4.98 Å². The molecule has 0 spiro atoms. The van der Waals surface area contributed by atoms with Gasteiger partial charge in [-0.3, -0.25) is 11.1 Å². The third-order valence-electron chi connectivity index (χ3n) is 1.85. The zero-order chi connectivity index (χ0) is 11.4. The lowest BCUT2D eigenvalue weighted by Crippen LogP contribution is -3.00. The van der Waals surface area contributed by atoms with E-state index >= 15 is 0 Å². The summed E-state index contributed by atoms with van der Waals surface area (Å²) in [5, 5.41) is 6.44. The van der Waals surface area contributed by atoms with Crippen LogP contribution in [0.3, 0.4) is 0 Å². The predicted octanol–water partition coefficient (Wildman–Crippen LogP) is -2.27. The number of hydrogen-bond acceptors (Lipinski definition) is 4. The van der Waals surface area contributed by atoms with E-state index < -0.39 is 0 Å². The Hall–Kier alpha value is -0.850. The van der Waals surface area contributed by atoms with Crippen LogP contribution < -0.4 is 23.5 Å². The lowest BCUT2D eigenvalue weighted by molar-refractivity contribution is -0.110. The molecule has 92 valence electrons. The van der Waals surface area contributed by atoms with Gasteiger partial charge in [-0.1, -0.05) is 23.9 Å². The molecule has 4 nitrogen and oxygen atoms in total. The highest BCUT2D eigenvalue weighted by atomic mass is 35.5. The van der Waals surface area contributed by atoms with E-state index in [0.29, 0.717) is 10.4 Å². The summed E-state index contributed by atoms with van der Waals surface area (Å²) in [6, 6.07) is 7.72. The summed E-state index contributed by atoms with van der Waals surface area (Å²) < 4.78 is 5.55. The van der Waals surface area contributed by atoms with Crippen LogP contribution in [0.2, 0.25) is 0 Å². The second-order valence-corrected chi connectivity index (χ2v) is 5.26. The van der Waals surface area contributed by atoms with Crippen molar-refractivity contribution < 1.29 is 22.2 Å². The maximum absolute atomic E-state index is 5.55. The van der Waals surface area contributed by atoms with E-state index in [1.165, 1.54) is 11.8 Å². The topological polar surface area (TPSA) is 77.6 Å². The Kier molecular flexibility index (Phi) is 5.67. The van der Waals surface area contributed by atoms with Crippen LogP contribution in [0.25, 0.3) is 11.1 Å². The molecule has 0 unspecified atom stereocenters. The number of para-hydroxylation sites is 2. The Morgan fingerprint density at radius 1 is 1.35 bits per heavy atom. The van der Waals surface area contributed by atoms with Crippen molar-refractivity contribution in [3.63, 3.8) is 0 Å². The van der Waals surface area contributed by atoms with Crippen LogP contribution in [0, 0.1) is 0 Å². The highest BCUT2D eigenvalue weighted by Gasteiger charge is 2.05. The number of halogens is 1. The van der Waals surface area contributed by atoms with Gasteiger partial charge < -0.3 is 16.8 Å². The summed E-state index contributed by atoms with van der Waals surface area (Å²) in [6.07, 6.45) is 0. The lowest BCUT2D eigenvalue weighted by Gasteiger charge is -1.93. The highest BCUT2D eigenvalue weighted by molar-refractivity contribution is 8.14. The number of thioether (sulfide) groups is 2. The normalized spacial score (nSPS) is 10.1. The standard InChI is InChI=1S/C10H11N3OS2.ClH/c11-9(12)15-5-6-16-10-13-7-3-1-2-4-8(7)14-10;/h1-4H,5-6H2,(H3,11,12);1H. The summed E-state index contributed by atoms with van der Waals surface area (Å²) >= 11 is 3.00. The molecule has 0 atom stereocenters. The minimum atomic E-state index is 0. The third-order valence-corrected chi connectivity index (χ3v) is 3.68. The van der Waals surface area contributed by atoms with Crippen molar-refractivity contribution in [2.24, 2.45) is 5.73 Å². The van der Waals surface area contributed by atoms with Gasteiger partial charge in [0.25, 0.3) is 10.4 Å². The van der Waals surface area contributed by atoms with E-state index in [9.17, 15) is 0 Å². The fraction of sp³-hybridized carbons (Fsp3) is 0.200. The van der Waals surface area contributed by atoms with Crippen molar-refractivity contribution in [2.75, 3.05) is 11.5 Å². The van der Waals surface area contributed by atoms with Gasteiger partial charge in [0.15, 0.2) is 5.58 Å². The van der Waals surface area contributed by atoms with Gasteiger partial charge >= 0.3 is 0 Å². The first kappa shape index (κ1) is 14.2. The first-order valence-corrected chi connectivity index (χ1v) is 6.72. The monoisotopic (exact) mass is 289 g/mol. The van der Waals surface area contributed by atoms with Gasteiger partial charge in [0, 0.05) is 11.5 Å². The zero-order valence-electron chi connectivity index (χ0n) is 8.93. The number of hydrogen-bond donors (Lipinski definition) is 2. The Bertz CT molecular complexity index is 470. The molecule has 1 heterocycles. The highest BCUT2D eigenvalue weighted by Crippen LogP contribution is 2.23. The van der Waals surface area contributed by atoms with Crippen molar-refractivity contribution in [1.29, 1.82) is 0 Å². The van der Waals surface area contributed by atoms with Gasteiger partial charge in [-0.2, -0.15) is 0 Å². The van der Waals surface area contributed by atoms with Crippen molar-refractivity contribution in [3.8, 4) is 0 Å². The van der Waals surface area contributed by atoms with Crippen molar-refractivity contribution in [2.45, 2.75) is 5.22 Å². The second-order valence-electron chi connectivity index (χ2n) is 3.05. The largest absolute Gasteiger partial charge is 1.00 e. The SMILES string of the molecule is NC(=[NH2+])SCCSc1nc2ccccc2o1.[Cl-]. The fourth-order valence-electron chi connectivity index (χ4n) is 1.20. The number of benzene rings is 1. The molecule has 0 saturated heterocycles. The average Bonchev–Trinajstić information content (AvgIpc) is 2.66. The Labute approximate surface area is 114 Å². The maximum atomic E-state index is 5.55. The van der Waals surface area contributed by atoms with E-state index in [2.05, 4.69) is 4.98 Å². The molecule has 0 fully saturated rings. The van der Waals surface area contributed by atoms with Crippen LogP contribution in [-0.2, 0) is 0 Å². The molecule has 0 amide bonds. The van der Waals surface area contributed by atoms with Gasteiger partial charge in [-0.05, 0) is 23.9 Å². The molecular weight excluding hydrogens is 278 g/mol. The molecule has 17 heavy (non-hydrogen) atoms. The van der Waals surface area contributed by atoms with Crippen LogP contribution in [0.1, 0.15) is 0 Å². The summed E-state index contributed by atoms with van der Waals surface area (Å²) in [6.45, 7) is 0. The van der Waals surface area contributed by atoms with Gasteiger partial charge in [0.1, 0.15) is 5.52 Å². The summed E-state index contributed by atoms with van der Waals surface area (Å²) in [5.41, 5.74) is 7.06. The molecule has 2 aromatic rings. The number of oxazole rings is 1. The Morgan fingerprint density at radius 2 is 2.12 bits per heavy atom. The Balaban J connectivity index is 0.00000144. The first-order chi connectivity index (χ1) is 7.75. The third kappa shape index (κ3) is 4.14. The zero-order valence-corrected chi connectivity index (χ0v) is 11.3. The van der Waals surface area contributed by atoms with Crippen LogP contribution in [0.4, 0.5) is 0 Å². The molecular formula is C10H12ClN3OS2. The lowest BCUT2D eigenvalue weighted by atomic mass is 10.3. The van der Waals surface area contributed by atoms with Crippen LogP contribution in [-0.4, -0.2) is 21.7 Å². The van der Waals surface area contributed by atoms with Gasteiger partial charge in [0.05, 0.1) is 0 Å². The van der Waals surface area contributed by atoms with Crippen molar-refractivity contribution >= 4 is 39.8 Å². The molecule has 0 aliphatic carbocycles. The van der Waals surface area contributed by atoms with Crippen molar-refractivity contribution in [3.05, 3.63) is 24.3 Å². The predicted molar refractivity (Wildman–Crippen MR) is 68.3 cm³/mol.